The SMILES string of the molecule is C/C(=C\CO)CCCC(C)CCCC(C)CCCC(C)CCO. The summed E-state index contributed by atoms with van der Waals surface area (Å²) in [5.74, 6) is 2.35. The summed E-state index contributed by atoms with van der Waals surface area (Å²) >= 11 is 0. The average Bonchev–Trinajstić information content (AvgIpc) is 2.47. The van der Waals surface area contributed by atoms with Crippen LogP contribution in [0.5, 0.6) is 0 Å². The fourth-order valence-electron chi connectivity index (χ4n) is 3.27. The zero-order chi connectivity index (χ0) is 17.5. The van der Waals surface area contributed by atoms with Crippen molar-refractivity contribution in [1.82, 2.24) is 0 Å². The fourth-order valence-corrected chi connectivity index (χ4v) is 3.27. The van der Waals surface area contributed by atoms with Crippen LogP contribution in [0.2, 0.25) is 0 Å². The normalized spacial score (nSPS) is 16.3. The first kappa shape index (κ1) is 22.7. The molecule has 23 heavy (non-hydrogen) atoms. The Balaban J connectivity index is 3.55. The van der Waals surface area contributed by atoms with Gasteiger partial charge in [0.25, 0.3) is 0 Å². The Morgan fingerprint density at radius 3 is 1.61 bits per heavy atom. The minimum atomic E-state index is 0.179. The van der Waals surface area contributed by atoms with Gasteiger partial charge in [-0.15, -0.1) is 0 Å². The van der Waals surface area contributed by atoms with Crippen molar-refractivity contribution in [3.05, 3.63) is 11.6 Å². The highest BCUT2D eigenvalue weighted by Crippen LogP contribution is 2.22. The van der Waals surface area contributed by atoms with Crippen LogP contribution in [0.3, 0.4) is 0 Å². The lowest BCUT2D eigenvalue weighted by atomic mass is 9.91. The van der Waals surface area contributed by atoms with Crippen molar-refractivity contribution in [2.45, 2.75) is 91.9 Å². The first-order valence-electron chi connectivity index (χ1n) is 9.86. The molecule has 0 bridgehead atoms. The Kier molecular flexibility index (Phi) is 15.0. The van der Waals surface area contributed by atoms with E-state index in [0.29, 0.717) is 12.5 Å². The van der Waals surface area contributed by atoms with Gasteiger partial charge >= 0.3 is 0 Å². The zero-order valence-electron chi connectivity index (χ0n) is 16.2. The van der Waals surface area contributed by atoms with Crippen molar-refractivity contribution in [2.75, 3.05) is 13.2 Å². The van der Waals surface area contributed by atoms with E-state index in [1.165, 1.54) is 56.9 Å². The van der Waals surface area contributed by atoms with E-state index in [4.69, 9.17) is 10.2 Å². The summed E-state index contributed by atoms with van der Waals surface area (Å²) < 4.78 is 0. The molecule has 2 N–H and O–H groups in total. The maximum atomic E-state index is 8.92. The molecule has 0 amide bonds. The van der Waals surface area contributed by atoms with Crippen LogP contribution < -0.4 is 0 Å². The summed E-state index contributed by atoms with van der Waals surface area (Å²) in [5.41, 5.74) is 1.32. The number of aliphatic hydroxyl groups excluding tert-OH is 2. The van der Waals surface area contributed by atoms with E-state index in [2.05, 4.69) is 27.7 Å². The van der Waals surface area contributed by atoms with Gasteiger partial charge in [0.05, 0.1) is 6.61 Å². The van der Waals surface area contributed by atoms with Crippen molar-refractivity contribution < 1.29 is 10.2 Å². The molecule has 0 aromatic rings. The standard InChI is InChI=1S/C21H42O2/c1-18(10-6-12-20(3)14-16-22)8-5-9-19(2)11-7-13-21(4)15-17-23/h14,18-19,21-23H,5-13,15-17H2,1-4H3/b20-14+. The third kappa shape index (κ3) is 15.0. The maximum Gasteiger partial charge on any atom is 0.0614 e. The van der Waals surface area contributed by atoms with E-state index in [-0.39, 0.29) is 6.61 Å². The van der Waals surface area contributed by atoms with Crippen molar-refractivity contribution in [3.63, 3.8) is 0 Å². The van der Waals surface area contributed by atoms with E-state index in [1.54, 1.807) is 0 Å². The molecule has 0 aliphatic carbocycles. The summed E-state index contributed by atoms with van der Waals surface area (Å²) in [7, 11) is 0. The molecule has 0 spiro atoms. The Hall–Kier alpha value is -0.340. The largest absolute Gasteiger partial charge is 0.396 e. The number of aliphatic hydroxyl groups is 2. The van der Waals surface area contributed by atoms with Gasteiger partial charge in [-0.2, -0.15) is 0 Å². The lowest BCUT2D eigenvalue weighted by Crippen LogP contribution is -2.02. The number of rotatable bonds is 15. The molecule has 0 heterocycles. The third-order valence-corrected chi connectivity index (χ3v) is 5.12. The third-order valence-electron chi connectivity index (χ3n) is 5.12. The molecule has 0 saturated heterocycles. The smallest absolute Gasteiger partial charge is 0.0614 e. The van der Waals surface area contributed by atoms with Gasteiger partial charge in [0.2, 0.25) is 0 Å². The molecule has 3 atom stereocenters. The highest BCUT2D eigenvalue weighted by atomic mass is 16.3. The van der Waals surface area contributed by atoms with Gasteiger partial charge in [-0.05, 0) is 43.9 Å². The van der Waals surface area contributed by atoms with Gasteiger partial charge in [0.1, 0.15) is 0 Å². The van der Waals surface area contributed by atoms with Gasteiger partial charge in [-0.3, -0.25) is 0 Å². The fraction of sp³-hybridized carbons (Fsp3) is 0.905. The molecular weight excluding hydrogens is 284 g/mol. The van der Waals surface area contributed by atoms with E-state index >= 15 is 0 Å². The molecule has 2 heteroatoms. The second kappa shape index (κ2) is 15.2. The Labute approximate surface area is 145 Å². The van der Waals surface area contributed by atoms with Gasteiger partial charge in [-0.1, -0.05) is 77.4 Å². The molecule has 0 saturated carbocycles. The first-order valence-corrected chi connectivity index (χ1v) is 9.86. The molecule has 0 fully saturated rings. The zero-order valence-corrected chi connectivity index (χ0v) is 16.2. The van der Waals surface area contributed by atoms with Crippen molar-refractivity contribution >= 4 is 0 Å². The summed E-state index contributed by atoms with van der Waals surface area (Å²) in [5, 5.41) is 17.8. The molecule has 0 aliphatic rings. The summed E-state index contributed by atoms with van der Waals surface area (Å²) in [6.45, 7) is 9.66. The van der Waals surface area contributed by atoms with Crippen LogP contribution in [-0.2, 0) is 0 Å². The monoisotopic (exact) mass is 326 g/mol. The molecular formula is C21H42O2. The van der Waals surface area contributed by atoms with Crippen LogP contribution in [0.1, 0.15) is 91.9 Å². The quantitative estimate of drug-likeness (QED) is 0.377. The molecule has 3 unspecified atom stereocenters. The van der Waals surface area contributed by atoms with Gasteiger partial charge in [0, 0.05) is 6.61 Å². The molecule has 0 aromatic carbocycles. The number of allylic oxidation sites excluding steroid dienone is 1. The summed E-state index contributed by atoms with van der Waals surface area (Å²) in [6.07, 6.45) is 14.6. The first-order chi connectivity index (χ1) is 11.0. The van der Waals surface area contributed by atoms with E-state index < -0.39 is 0 Å². The Morgan fingerprint density at radius 2 is 1.17 bits per heavy atom. The second-order valence-electron chi connectivity index (χ2n) is 7.81. The molecule has 0 aliphatic heterocycles. The van der Waals surface area contributed by atoms with Gasteiger partial charge in [-0.25, -0.2) is 0 Å². The predicted molar refractivity (Wildman–Crippen MR) is 102 cm³/mol. The van der Waals surface area contributed by atoms with E-state index in [9.17, 15) is 0 Å². The highest BCUT2D eigenvalue weighted by Gasteiger charge is 2.07. The molecule has 0 aromatic heterocycles. The topological polar surface area (TPSA) is 40.5 Å². The second-order valence-corrected chi connectivity index (χ2v) is 7.81. The predicted octanol–water partition coefficient (Wildman–Crippen LogP) is 5.73. The molecule has 0 rings (SSSR count). The Morgan fingerprint density at radius 1 is 0.739 bits per heavy atom. The lowest BCUT2D eigenvalue weighted by Gasteiger charge is -2.15. The summed E-state index contributed by atoms with van der Waals surface area (Å²) in [6, 6.07) is 0. The maximum absolute atomic E-state index is 8.92. The lowest BCUT2D eigenvalue weighted by molar-refractivity contribution is 0.255. The highest BCUT2D eigenvalue weighted by molar-refractivity contribution is 4.97. The summed E-state index contributed by atoms with van der Waals surface area (Å²) in [4.78, 5) is 0. The van der Waals surface area contributed by atoms with Crippen molar-refractivity contribution in [1.29, 1.82) is 0 Å². The Bertz CT molecular complexity index is 286. The molecule has 0 radical (unpaired) electrons. The van der Waals surface area contributed by atoms with Crippen LogP contribution in [0.4, 0.5) is 0 Å². The molecule has 138 valence electrons. The van der Waals surface area contributed by atoms with Crippen LogP contribution in [-0.4, -0.2) is 23.4 Å². The van der Waals surface area contributed by atoms with Crippen LogP contribution in [0.15, 0.2) is 11.6 Å². The van der Waals surface area contributed by atoms with E-state index in [1.807, 2.05) is 6.08 Å². The van der Waals surface area contributed by atoms with Gasteiger partial charge in [0.15, 0.2) is 0 Å². The minimum Gasteiger partial charge on any atom is -0.396 e. The minimum absolute atomic E-state index is 0.179. The van der Waals surface area contributed by atoms with Crippen LogP contribution in [0, 0.1) is 17.8 Å². The van der Waals surface area contributed by atoms with Gasteiger partial charge < -0.3 is 10.2 Å². The number of hydrogen-bond donors (Lipinski definition) is 2. The van der Waals surface area contributed by atoms with Crippen LogP contribution in [0.25, 0.3) is 0 Å². The van der Waals surface area contributed by atoms with E-state index in [0.717, 1.165) is 24.7 Å². The average molecular weight is 327 g/mol. The molecule has 2 nitrogen and oxygen atoms in total. The van der Waals surface area contributed by atoms with Crippen molar-refractivity contribution in [2.24, 2.45) is 17.8 Å². The van der Waals surface area contributed by atoms with Crippen LogP contribution >= 0.6 is 0 Å². The van der Waals surface area contributed by atoms with Crippen molar-refractivity contribution in [3.8, 4) is 0 Å². The number of hydrogen-bond acceptors (Lipinski definition) is 2.